The number of carbonyl (C=O) groups excluding carboxylic acids is 2. The highest BCUT2D eigenvalue weighted by atomic mass is 32.2. The van der Waals surface area contributed by atoms with Crippen LogP contribution >= 0.6 is 11.8 Å². The number of amides is 2. The second-order valence-electron chi connectivity index (χ2n) is 5.31. The molecule has 2 rings (SSSR count). The van der Waals surface area contributed by atoms with E-state index >= 15 is 0 Å². The maximum absolute atomic E-state index is 13.8. The molecule has 0 fully saturated rings. The van der Waals surface area contributed by atoms with Gasteiger partial charge >= 0.3 is 0 Å². The van der Waals surface area contributed by atoms with E-state index in [2.05, 4.69) is 10.6 Å². The number of hydrogen-bond acceptors (Lipinski definition) is 4. The van der Waals surface area contributed by atoms with Gasteiger partial charge in [-0.05, 0) is 49.1 Å². The van der Waals surface area contributed by atoms with Crippen molar-refractivity contribution in [1.29, 1.82) is 5.26 Å². The molecular formula is C18H16FN3O2S. The zero-order valence-corrected chi connectivity index (χ0v) is 14.5. The van der Waals surface area contributed by atoms with Crippen LogP contribution in [0.3, 0.4) is 0 Å². The Kier molecular flexibility index (Phi) is 6.14. The number of benzene rings is 2. The van der Waals surface area contributed by atoms with Crippen molar-refractivity contribution in [2.45, 2.75) is 6.92 Å². The number of hydrogen-bond donors (Lipinski definition) is 2. The number of carbonyl (C=O) groups is 2. The highest BCUT2D eigenvalue weighted by molar-refractivity contribution is 7.99. The molecule has 2 aromatic rings. The lowest BCUT2D eigenvalue weighted by atomic mass is 10.1. The third kappa shape index (κ3) is 5.06. The number of anilines is 2. The highest BCUT2D eigenvalue weighted by Crippen LogP contribution is 2.18. The Morgan fingerprint density at radius 3 is 2.60 bits per heavy atom. The van der Waals surface area contributed by atoms with Crippen LogP contribution in [0.5, 0.6) is 0 Å². The lowest BCUT2D eigenvalue weighted by Gasteiger charge is -2.09. The monoisotopic (exact) mass is 357 g/mol. The average Bonchev–Trinajstić information content (AvgIpc) is 2.56. The molecule has 25 heavy (non-hydrogen) atoms. The molecule has 0 aliphatic heterocycles. The molecule has 0 atom stereocenters. The summed E-state index contributed by atoms with van der Waals surface area (Å²) in [6, 6.07) is 10.6. The number of thioether (sulfide) groups is 1. The Morgan fingerprint density at radius 1 is 1.16 bits per heavy atom. The molecule has 0 saturated heterocycles. The Labute approximate surface area is 149 Å². The number of nitrogens with zero attached hydrogens (tertiary/aromatic N) is 1. The van der Waals surface area contributed by atoms with Crippen LogP contribution in [0.25, 0.3) is 0 Å². The van der Waals surface area contributed by atoms with Crippen molar-refractivity contribution in [3.8, 4) is 6.07 Å². The van der Waals surface area contributed by atoms with Gasteiger partial charge in [-0.1, -0.05) is 6.07 Å². The largest absolute Gasteiger partial charge is 0.325 e. The van der Waals surface area contributed by atoms with E-state index in [4.69, 9.17) is 5.26 Å². The van der Waals surface area contributed by atoms with E-state index in [-0.39, 0.29) is 22.9 Å². The van der Waals surface area contributed by atoms with Gasteiger partial charge in [0.1, 0.15) is 5.82 Å². The SMILES string of the molecule is CSCC(=O)Nc1cc(F)cc(C(=O)Nc2ccc(C)c(C#N)c2)c1. The van der Waals surface area contributed by atoms with Crippen molar-refractivity contribution in [3.05, 3.63) is 58.9 Å². The minimum atomic E-state index is -0.631. The second-order valence-corrected chi connectivity index (χ2v) is 6.17. The summed E-state index contributed by atoms with van der Waals surface area (Å²) in [5.41, 5.74) is 1.96. The van der Waals surface area contributed by atoms with Gasteiger partial charge < -0.3 is 10.6 Å². The van der Waals surface area contributed by atoms with Gasteiger partial charge in [0.2, 0.25) is 5.91 Å². The first kappa shape index (κ1) is 18.5. The van der Waals surface area contributed by atoms with Gasteiger partial charge in [0, 0.05) is 16.9 Å². The molecule has 0 spiro atoms. The molecule has 0 aliphatic carbocycles. The summed E-state index contributed by atoms with van der Waals surface area (Å²) < 4.78 is 13.8. The summed E-state index contributed by atoms with van der Waals surface area (Å²) in [7, 11) is 0. The van der Waals surface area contributed by atoms with Gasteiger partial charge in [-0.25, -0.2) is 4.39 Å². The van der Waals surface area contributed by atoms with Gasteiger partial charge in [-0.15, -0.1) is 0 Å². The number of nitrogens with one attached hydrogen (secondary N) is 2. The van der Waals surface area contributed by atoms with E-state index in [1.54, 1.807) is 31.4 Å². The molecule has 2 aromatic carbocycles. The molecule has 0 aromatic heterocycles. The molecular weight excluding hydrogens is 341 g/mol. The third-order valence-corrected chi connectivity index (χ3v) is 3.89. The minimum absolute atomic E-state index is 0.0681. The Hall–Kier alpha value is -2.85. The zero-order chi connectivity index (χ0) is 18.4. The molecule has 0 heterocycles. The average molecular weight is 357 g/mol. The summed E-state index contributed by atoms with van der Waals surface area (Å²) in [6.45, 7) is 1.79. The third-order valence-electron chi connectivity index (χ3n) is 3.34. The van der Waals surface area contributed by atoms with Crippen molar-refractivity contribution in [1.82, 2.24) is 0 Å². The van der Waals surface area contributed by atoms with Crippen LogP contribution in [0.2, 0.25) is 0 Å². The maximum Gasteiger partial charge on any atom is 0.255 e. The maximum atomic E-state index is 13.8. The van der Waals surface area contributed by atoms with Gasteiger partial charge in [-0.2, -0.15) is 17.0 Å². The van der Waals surface area contributed by atoms with Gasteiger partial charge in [0.15, 0.2) is 0 Å². The first-order valence-electron chi connectivity index (χ1n) is 7.34. The van der Waals surface area contributed by atoms with Crippen LogP contribution in [0.4, 0.5) is 15.8 Å². The molecule has 2 amide bonds. The molecule has 5 nitrogen and oxygen atoms in total. The van der Waals surface area contributed by atoms with Gasteiger partial charge in [-0.3, -0.25) is 9.59 Å². The second kappa shape index (κ2) is 8.31. The molecule has 128 valence electrons. The normalized spacial score (nSPS) is 10.0. The first-order chi connectivity index (χ1) is 11.9. The van der Waals surface area contributed by atoms with Crippen LogP contribution in [0.15, 0.2) is 36.4 Å². The van der Waals surface area contributed by atoms with E-state index < -0.39 is 11.7 Å². The van der Waals surface area contributed by atoms with E-state index in [1.807, 2.05) is 6.07 Å². The number of nitriles is 1. The van der Waals surface area contributed by atoms with Crippen LogP contribution in [0, 0.1) is 24.1 Å². The number of rotatable bonds is 5. The predicted octanol–water partition coefficient (Wildman–Crippen LogP) is 3.56. The minimum Gasteiger partial charge on any atom is -0.325 e. The fraction of sp³-hybridized carbons (Fsp3) is 0.167. The van der Waals surface area contributed by atoms with E-state index in [0.29, 0.717) is 11.3 Å². The summed E-state index contributed by atoms with van der Waals surface area (Å²) in [4.78, 5) is 23.9. The number of aryl methyl sites for hydroxylation is 1. The molecule has 0 aliphatic rings. The topological polar surface area (TPSA) is 82.0 Å². The molecule has 0 unspecified atom stereocenters. The van der Waals surface area contributed by atoms with Gasteiger partial charge in [0.25, 0.3) is 5.91 Å². The van der Waals surface area contributed by atoms with Crippen molar-refractivity contribution >= 4 is 35.0 Å². The van der Waals surface area contributed by atoms with Gasteiger partial charge in [0.05, 0.1) is 17.4 Å². The quantitative estimate of drug-likeness (QED) is 0.857. The smallest absolute Gasteiger partial charge is 0.255 e. The van der Waals surface area contributed by atoms with Crippen molar-refractivity contribution in [3.63, 3.8) is 0 Å². The zero-order valence-electron chi connectivity index (χ0n) is 13.7. The molecule has 0 saturated carbocycles. The van der Waals surface area contributed by atoms with Crippen LogP contribution in [0.1, 0.15) is 21.5 Å². The highest BCUT2D eigenvalue weighted by Gasteiger charge is 2.12. The molecule has 0 radical (unpaired) electrons. The summed E-state index contributed by atoms with van der Waals surface area (Å²) in [6.07, 6.45) is 1.78. The fourth-order valence-electron chi connectivity index (χ4n) is 2.14. The molecule has 0 bridgehead atoms. The van der Waals surface area contributed by atoms with E-state index in [1.165, 1.54) is 17.8 Å². The fourth-order valence-corrected chi connectivity index (χ4v) is 2.48. The van der Waals surface area contributed by atoms with Crippen molar-refractivity contribution < 1.29 is 14.0 Å². The van der Waals surface area contributed by atoms with Crippen LogP contribution in [-0.2, 0) is 4.79 Å². The summed E-state index contributed by atoms with van der Waals surface area (Å²) in [5, 5.41) is 14.2. The summed E-state index contributed by atoms with van der Waals surface area (Å²) >= 11 is 1.34. The van der Waals surface area contributed by atoms with Crippen molar-refractivity contribution in [2.24, 2.45) is 0 Å². The lowest BCUT2D eigenvalue weighted by molar-refractivity contribution is -0.113. The van der Waals surface area contributed by atoms with Crippen molar-refractivity contribution in [2.75, 3.05) is 22.6 Å². The van der Waals surface area contributed by atoms with Crippen LogP contribution in [-0.4, -0.2) is 23.8 Å². The molecule has 2 N–H and O–H groups in total. The number of halogens is 1. The van der Waals surface area contributed by atoms with Crippen LogP contribution < -0.4 is 10.6 Å². The Balaban J connectivity index is 2.20. The lowest BCUT2D eigenvalue weighted by Crippen LogP contribution is -2.16. The Morgan fingerprint density at radius 2 is 1.92 bits per heavy atom. The standard InChI is InChI=1S/C18H16FN3O2S/c1-11-3-4-15(7-13(11)9-20)22-18(24)12-5-14(19)8-16(6-12)21-17(23)10-25-2/h3-8H,10H2,1-2H3,(H,21,23)(H,22,24). The summed E-state index contributed by atoms with van der Waals surface area (Å²) in [5.74, 6) is -1.21. The predicted molar refractivity (Wildman–Crippen MR) is 97.3 cm³/mol. The van der Waals surface area contributed by atoms with E-state index in [9.17, 15) is 14.0 Å². The molecule has 7 heteroatoms. The Bertz CT molecular complexity index is 862. The van der Waals surface area contributed by atoms with E-state index in [0.717, 1.165) is 17.7 Å². The first-order valence-corrected chi connectivity index (χ1v) is 8.74.